The van der Waals surface area contributed by atoms with Crippen LogP contribution >= 0.6 is 0 Å². The molecular formula is C25H24FN3O3S. The molecule has 3 aromatic rings. The highest BCUT2D eigenvalue weighted by Gasteiger charge is 2.41. The smallest absolute Gasteiger partial charge is 0.241 e. The van der Waals surface area contributed by atoms with E-state index >= 15 is 0 Å². The summed E-state index contributed by atoms with van der Waals surface area (Å²) in [5.41, 5.74) is 5.17. The Bertz CT molecular complexity index is 1380. The standard InChI is InChI=1S/C25H24FN3O3S/c1-14-13-29(23-12-24(33(27,31)32)21(26)11-19(14)23)25(30)20-10-17-9-16(6-7-18(17)15(20)2)22-5-3-4-8-28-22/h3-9,11-12,14-15,20H,10,13H2,1-2H3,(H2,27,31,32)/t14?,15-,20+/m1/s1. The summed E-state index contributed by atoms with van der Waals surface area (Å²) >= 11 is 0. The van der Waals surface area contributed by atoms with Crippen LogP contribution in [-0.2, 0) is 21.2 Å². The van der Waals surface area contributed by atoms with Crippen molar-refractivity contribution in [2.75, 3.05) is 11.4 Å². The van der Waals surface area contributed by atoms with Gasteiger partial charge in [-0.25, -0.2) is 17.9 Å². The molecule has 3 atom stereocenters. The van der Waals surface area contributed by atoms with Crippen molar-refractivity contribution in [3.05, 3.63) is 77.2 Å². The summed E-state index contributed by atoms with van der Waals surface area (Å²) in [6, 6.07) is 14.3. The van der Waals surface area contributed by atoms with E-state index in [9.17, 15) is 17.6 Å². The van der Waals surface area contributed by atoms with Crippen LogP contribution in [0.1, 0.15) is 42.4 Å². The highest BCUT2D eigenvalue weighted by Crippen LogP contribution is 2.44. The zero-order valence-electron chi connectivity index (χ0n) is 18.3. The molecule has 1 aromatic heterocycles. The van der Waals surface area contributed by atoms with E-state index < -0.39 is 20.7 Å². The number of primary sulfonamides is 1. The van der Waals surface area contributed by atoms with Crippen LogP contribution in [0.3, 0.4) is 0 Å². The number of hydrogen-bond donors (Lipinski definition) is 1. The first-order chi connectivity index (χ1) is 15.6. The topological polar surface area (TPSA) is 93.4 Å². The molecule has 0 spiro atoms. The molecule has 2 heterocycles. The number of benzene rings is 2. The van der Waals surface area contributed by atoms with Crippen LogP contribution in [0.2, 0.25) is 0 Å². The van der Waals surface area contributed by atoms with E-state index in [4.69, 9.17) is 5.14 Å². The fourth-order valence-electron chi connectivity index (χ4n) is 5.14. The first-order valence-electron chi connectivity index (χ1n) is 10.9. The van der Waals surface area contributed by atoms with E-state index in [0.717, 1.165) is 22.4 Å². The van der Waals surface area contributed by atoms with Gasteiger partial charge < -0.3 is 4.90 Å². The fraction of sp³-hybridized carbons (Fsp3) is 0.280. The third-order valence-electron chi connectivity index (χ3n) is 6.89. The normalized spacial score (nSPS) is 21.7. The number of halogens is 1. The van der Waals surface area contributed by atoms with Crippen LogP contribution in [0.4, 0.5) is 10.1 Å². The van der Waals surface area contributed by atoms with Gasteiger partial charge in [-0.15, -0.1) is 0 Å². The number of nitrogens with two attached hydrogens (primary N) is 1. The van der Waals surface area contributed by atoms with Gasteiger partial charge in [-0.05, 0) is 59.4 Å². The summed E-state index contributed by atoms with van der Waals surface area (Å²) in [4.78, 5) is 19.1. The molecule has 33 heavy (non-hydrogen) atoms. The van der Waals surface area contributed by atoms with Gasteiger partial charge in [-0.2, -0.15) is 0 Å². The van der Waals surface area contributed by atoms with Gasteiger partial charge in [0, 0.05) is 35.8 Å². The maximum Gasteiger partial charge on any atom is 0.241 e. The molecule has 0 fully saturated rings. The monoisotopic (exact) mass is 465 g/mol. The van der Waals surface area contributed by atoms with Crippen molar-refractivity contribution in [3.8, 4) is 11.3 Å². The van der Waals surface area contributed by atoms with Gasteiger partial charge in [0.1, 0.15) is 10.7 Å². The Kier molecular flexibility index (Phi) is 5.10. The molecule has 0 radical (unpaired) electrons. The number of carbonyl (C=O) groups excluding carboxylic acids is 1. The Morgan fingerprint density at radius 1 is 1.12 bits per heavy atom. The maximum atomic E-state index is 14.4. The minimum absolute atomic E-state index is 0.00259. The van der Waals surface area contributed by atoms with Crippen LogP contribution in [0, 0.1) is 11.7 Å². The lowest BCUT2D eigenvalue weighted by Gasteiger charge is -2.24. The van der Waals surface area contributed by atoms with Crippen LogP contribution < -0.4 is 10.0 Å². The largest absolute Gasteiger partial charge is 0.311 e. The van der Waals surface area contributed by atoms with Crippen molar-refractivity contribution in [1.82, 2.24) is 4.98 Å². The first kappa shape index (κ1) is 21.7. The maximum absolute atomic E-state index is 14.4. The predicted molar refractivity (Wildman–Crippen MR) is 124 cm³/mol. The molecule has 170 valence electrons. The summed E-state index contributed by atoms with van der Waals surface area (Å²) in [6.45, 7) is 4.31. The molecule has 2 aromatic carbocycles. The number of sulfonamides is 1. The van der Waals surface area contributed by atoms with Gasteiger partial charge in [0.05, 0.1) is 5.69 Å². The lowest BCUT2D eigenvalue weighted by atomic mass is 9.93. The number of carbonyl (C=O) groups is 1. The molecule has 1 unspecified atom stereocenters. The molecule has 8 heteroatoms. The third kappa shape index (κ3) is 3.63. The van der Waals surface area contributed by atoms with Gasteiger partial charge in [-0.3, -0.25) is 9.78 Å². The Hall–Kier alpha value is -3.10. The third-order valence-corrected chi connectivity index (χ3v) is 7.81. The summed E-state index contributed by atoms with van der Waals surface area (Å²) in [5, 5.41) is 5.20. The van der Waals surface area contributed by atoms with Crippen LogP contribution in [0.15, 0.2) is 59.6 Å². The molecule has 0 saturated heterocycles. The average molecular weight is 466 g/mol. The molecule has 5 rings (SSSR count). The molecule has 6 nitrogen and oxygen atoms in total. The number of nitrogens with zero attached hydrogens (tertiary/aromatic N) is 2. The molecule has 2 aliphatic rings. The number of anilines is 1. The second-order valence-corrected chi connectivity index (χ2v) is 10.5. The minimum Gasteiger partial charge on any atom is -0.311 e. The highest BCUT2D eigenvalue weighted by molar-refractivity contribution is 7.89. The molecular weight excluding hydrogens is 441 g/mol. The molecule has 2 N–H and O–H groups in total. The number of rotatable bonds is 3. The quantitative estimate of drug-likeness (QED) is 0.634. The fourth-order valence-corrected chi connectivity index (χ4v) is 5.74. The van der Waals surface area contributed by atoms with Gasteiger partial charge in [-0.1, -0.05) is 32.0 Å². The van der Waals surface area contributed by atoms with Crippen LogP contribution in [0.5, 0.6) is 0 Å². The number of fused-ring (bicyclic) bond motifs is 2. The summed E-state index contributed by atoms with van der Waals surface area (Å²) in [6.07, 6.45) is 2.33. The number of pyridine rings is 1. The van der Waals surface area contributed by atoms with E-state index in [-0.39, 0.29) is 23.7 Å². The van der Waals surface area contributed by atoms with Gasteiger partial charge in [0.2, 0.25) is 15.9 Å². The molecule has 1 aliphatic carbocycles. The summed E-state index contributed by atoms with van der Waals surface area (Å²) in [5.74, 6) is -1.37. The molecule has 1 amide bonds. The van der Waals surface area contributed by atoms with Crippen molar-refractivity contribution in [1.29, 1.82) is 0 Å². The second-order valence-electron chi connectivity index (χ2n) is 8.96. The lowest BCUT2D eigenvalue weighted by molar-refractivity contribution is -0.122. The van der Waals surface area contributed by atoms with Gasteiger partial charge >= 0.3 is 0 Å². The van der Waals surface area contributed by atoms with Crippen LogP contribution in [-0.4, -0.2) is 25.9 Å². The van der Waals surface area contributed by atoms with Crippen molar-refractivity contribution >= 4 is 21.6 Å². The zero-order valence-corrected chi connectivity index (χ0v) is 19.1. The average Bonchev–Trinajstić information content (AvgIpc) is 3.29. The Morgan fingerprint density at radius 3 is 2.61 bits per heavy atom. The lowest BCUT2D eigenvalue weighted by Crippen LogP contribution is -2.36. The zero-order chi connectivity index (χ0) is 23.5. The van der Waals surface area contributed by atoms with Crippen molar-refractivity contribution in [3.63, 3.8) is 0 Å². The number of hydrogen-bond acceptors (Lipinski definition) is 4. The number of aromatic nitrogens is 1. The van der Waals surface area contributed by atoms with Gasteiger partial charge in [0.25, 0.3) is 0 Å². The van der Waals surface area contributed by atoms with Crippen molar-refractivity contribution in [2.45, 2.75) is 37.0 Å². The second kappa shape index (κ2) is 7.74. The van der Waals surface area contributed by atoms with E-state index in [0.29, 0.717) is 24.2 Å². The SMILES string of the molecule is CC1CN(C(=O)[C@H]2Cc3cc(-c4ccccn4)ccc3[C@H]2C)c2cc(S(N)(=O)=O)c(F)cc21. The van der Waals surface area contributed by atoms with E-state index in [1.54, 1.807) is 11.1 Å². The van der Waals surface area contributed by atoms with E-state index in [1.165, 1.54) is 12.1 Å². The van der Waals surface area contributed by atoms with Crippen molar-refractivity contribution < 1.29 is 17.6 Å². The highest BCUT2D eigenvalue weighted by atomic mass is 32.2. The molecule has 0 bridgehead atoms. The van der Waals surface area contributed by atoms with Crippen LogP contribution in [0.25, 0.3) is 11.3 Å². The molecule has 1 aliphatic heterocycles. The Balaban J connectivity index is 1.47. The minimum atomic E-state index is -4.25. The summed E-state index contributed by atoms with van der Waals surface area (Å²) < 4.78 is 38.1. The van der Waals surface area contributed by atoms with E-state index in [2.05, 4.69) is 17.1 Å². The molecule has 0 saturated carbocycles. The number of amides is 1. The van der Waals surface area contributed by atoms with Gasteiger partial charge in [0.15, 0.2) is 0 Å². The predicted octanol–water partition coefficient (Wildman–Crippen LogP) is 3.96. The Labute approximate surface area is 192 Å². The first-order valence-corrected chi connectivity index (χ1v) is 12.4. The Morgan fingerprint density at radius 2 is 1.91 bits per heavy atom. The summed E-state index contributed by atoms with van der Waals surface area (Å²) in [7, 11) is -4.25. The van der Waals surface area contributed by atoms with Crippen molar-refractivity contribution in [2.24, 2.45) is 11.1 Å². The van der Waals surface area contributed by atoms with E-state index in [1.807, 2.05) is 38.1 Å².